The molecule has 1 N–H and O–H groups in total. The summed E-state index contributed by atoms with van der Waals surface area (Å²) in [6.45, 7) is 2.25. The molecule has 1 aliphatic rings. The van der Waals surface area contributed by atoms with Gasteiger partial charge in [-0.25, -0.2) is 4.90 Å². The molecule has 2 aromatic rings. The minimum absolute atomic E-state index is 0.0939. The molecule has 2 aromatic carbocycles. The van der Waals surface area contributed by atoms with Crippen molar-refractivity contribution in [3.05, 3.63) is 64.0 Å². The van der Waals surface area contributed by atoms with Crippen molar-refractivity contribution in [3.8, 4) is 5.75 Å². The zero-order valence-corrected chi connectivity index (χ0v) is 16.2. The molecule has 0 unspecified atom stereocenters. The lowest BCUT2D eigenvalue weighted by atomic mass is 10.1. The average molecular weight is 404 g/mol. The third-order valence-electron chi connectivity index (χ3n) is 3.90. The largest absolute Gasteiger partial charge is 0.494 e. The second-order valence-electron chi connectivity index (χ2n) is 5.66. The van der Waals surface area contributed by atoms with Gasteiger partial charge in [-0.15, -0.1) is 11.8 Å². The number of anilines is 1. The molecule has 0 atom stereocenters. The van der Waals surface area contributed by atoms with Crippen molar-refractivity contribution < 1.29 is 19.4 Å². The van der Waals surface area contributed by atoms with Gasteiger partial charge in [0, 0.05) is 16.8 Å². The lowest BCUT2D eigenvalue weighted by Crippen LogP contribution is -2.31. The normalized spacial score (nSPS) is 14.3. The fourth-order valence-corrected chi connectivity index (χ4v) is 3.76. The first-order valence-corrected chi connectivity index (χ1v) is 9.78. The molecule has 0 saturated carbocycles. The van der Waals surface area contributed by atoms with Gasteiger partial charge in [-0.05, 0) is 36.8 Å². The van der Waals surface area contributed by atoms with Crippen LogP contribution in [0.15, 0.2) is 53.4 Å². The molecule has 0 spiro atoms. The molecule has 0 radical (unpaired) electrons. The third kappa shape index (κ3) is 4.03. The van der Waals surface area contributed by atoms with Crippen LogP contribution >= 0.6 is 23.4 Å². The second-order valence-corrected chi connectivity index (χ2v) is 7.20. The van der Waals surface area contributed by atoms with E-state index in [1.807, 2.05) is 6.92 Å². The van der Waals surface area contributed by atoms with Crippen molar-refractivity contribution in [2.24, 2.45) is 0 Å². The van der Waals surface area contributed by atoms with Gasteiger partial charge in [0.25, 0.3) is 11.8 Å². The van der Waals surface area contributed by atoms with E-state index in [2.05, 4.69) is 0 Å². The number of hydrogen-bond acceptors (Lipinski definition) is 5. The molecule has 27 heavy (non-hydrogen) atoms. The maximum atomic E-state index is 13.1. The van der Waals surface area contributed by atoms with Crippen molar-refractivity contribution in [2.75, 3.05) is 23.9 Å². The van der Waals surface area contributed by atoms with E-state index in [0.29, 0.717) is 44.9 Å². The summed E-state index contributed by atoms with van der Waals surface area (Å²) in [5.74, 6) is 0.0895. The van der Waals surface area contributed by atoms with Crippen LogP contribution in [-0.4, -0.2) is 35.9 Å². The number of aliphatic hydroxyl groups excluding tert-OH is 1. The highest BCUT2D eigenvalue weighted by atomic mass is 35.5. The van der Waals surface area contributed by atoms with Crippen LogP contribution in [0.2, 0.25) is 5.02 Å². The minimum Gasteiger partial charge on any atom is -0.494 e. The Bertz CT molecular complexity index is 895. The van der Waals surface area contributed by atoms with E-state index >= 15 is 0 Å². The highest BCUT2D eigenvalue weighted by Crippen LogP contribution is 2.39. The number of ether oxygens (including phenoxy) is 1. The predicted molar refractivity (Wildman–Crippen MR) is 108 cm³/mol. The Hall–Kier alpha value is -2.28. The maximum absolute atomic E-state index is 13.1. The predicted octanol–water partition coefficient (Wildman–Crippen LogP) is 3.75. The molecule has 140 valence electrons. The molecule has 1 heterocycles. The van der Waals surface area contributed by atoms with Gasteiger partial charge in [0.2, 0.25) is 0 Å². The van der Waals surface area contributed by atoms with Crippen molar-refractivity contribution in [1.29, 1.82) is 0 Å². The molecule has 0 saturated heterocycles. The summed E-state index contributed by atoms with van der Waals surface area (Å²) in [6.07, 6.45) is 0. The second kappa shape index (κ2) is 8.61. The van der Waals surface area contributed by atoms with E-state index in [-0.39, 0.29) is 6.61 Å². The number of imide groups is 1. The van der Waals surface area contributed by atoms with Gasteiger partial charge in [-0.2, -0.15) is 0 Å². The fourth-order valence-electron chi connectivity index (χ4n) is 2.78. The zero-order valence-electron chi connectivity index (χ0n) is 14.6. The van der Waals surface area contributed by atoms with E-state index in [1.165, 1.54) is 11.8 Å². The molecule has 0 bridgehead atoms. The first kappa shape index (κ1) is 19.5. The van der Waals surface area contributed by atoms with Gasteiger partial charge >= 0.3 is 0 Å². The van der Waals surface area contributed by atoms with E-state index in [0.717, 1.165) is 4.90 Å². The van der Waals surface area contributed by atoms with Crippen LogP contribution in [0.25, 0.3) is 5.57 Å². The third-order valence-corrected chi connectivity index (χ3v) is 5.20. The standard InChI is InChI=1S/C20H18ClNO4S/c1-2-26-16-5-3-4-15(12-16)22-19(24)17(13-6-8-14(21)9-7-13)18(20(22)25)27-11-10-23/h3-9,12,23H,2,10-11H2,1H3. The number of carbonyl (C=O) groups excluding carboxylic acids is 2. The molecule has 2 amide bonds. The van der Waals surface area contributed by atoms with Crippen LogP contribution in [0.3, 0.4) is 0 Å². The van der Waals surface area contributed by atoms with Crippen LogP contribution in [0.4, 0.5) is 5.69 Å². The van der Waals surface area contributed by atoms with Gasteiger partial charge in [-0.1, -0.05) is 29.8 Å². The highest BCUT2D eigenvalue weighted by Gasteiger charge is 2.40. The minimum atomic E-state index is -0.406. The van der Waals surface area contributed by atoms with Crippen LogP contribution in [-0.2, 0) is 9.59 Å². The van der Waals surface area contributed by atoms with E-state index in [4.69, 9.17) is 21.4 Å². The summed E-state index contributed by atoms with van der Waals surface area (Å²) in [5.41, 5.74) is 1.38. The Morgan fingerprint density at radius 1 is 1.11 bits per heavy atom. The van der Waals surface area contributed by atoms with Gasteiger partial charge in [0.1, 0.15) is 5.75 Å². The molecule has 7 heteroatoms. The number of carbonyl (C=O) groups is 2. The first-order valence-electron chi connectivity index (χ1n) is 8.42. The number of thioether (sulfide) groups is 1. The van der Waals surface area contributed by atoms with Crippen LogP contribution in [0.1, 0.15) is 12.5 Å². The molecule has 0 fully saturated rings. The van der Waals surface area contributed by atoms with Crippen molar-refractivity contribution in [3.63, 3.8) is 0 Å². The zero-order chi connectivity index (χ0) is 19.4. The Kier molecular flexibility index (Phi) is 6.21. The molecule has 0 aliphatic carbocycles. The summed E-state index contributed by atoms with van der Waals surface area (Å²) in [7, 11) is 0. The van der Waals surface area contributed by atoms with Gasteiger partial charge in [0.05, 0.1) is 29.4 Å². The number of nitrogens with zero attached hydrogens (tertiary/aromatic N) is 1. The average Bonchev–Trinajstić information content (AvgIpc) is 2.91. The van der Waals surface area contributed by atoms with E-state index in [1.54, 1.807) is 48.5 Å². The molecular formula is C20H18ClNO4S. The quantitative estimate of drug-likeness (QED) is 0.713. The summed E-state index contributed by atoms with van der Waals surface area (Å²) in [6, 6.07) is 13.6. The molecule has 3 rings (SSSR count). The SMILES string of the molecule is CCOc1cccc(N2C(=O)C(SCCO)=C(c3ccc(Cl)cc3)C2=O)c1. The Morgan fingerprint density at radius 3 is 2.52 bits per heavy atom. The Labute approximate surface area is 166 Å². The topological polar surface area (TPSA) is 66.8 Å². The van der Waals surface area contributed by atoms with Crippen molar-refractivity contribution in [2.45, 2.75) is 6.92 Å². The van der Waals surface area contributed by atoms with Gasteiger partial charge in [0.15, 0.2) is 0 Å². The fraction of sp³-hybridized carbons (Fsp3) is 0.200. The lowest BCUT2D eigenvalue weighted by molar-refractivity contribution is -0.119. The number of rotatable bonds is 7. The highest BCUT2D eigenvalue weighted by molar-refractivity contribution is 8.04. The maximum Gasteiger partial charge on any atom is 0.272 e. The van der Waals surface area contributed by atoms with Gasteiger partial charge in [-0.3, -0.25) is 9.59 Å². The van der Waals surface area contributed by atoms with Crippen LogP contribution in [0.5, 0.6) is 5.75 Å². The lowest BCUT2D eigenvalue weighted by Gasteiger charge is -2.16. The van der Waals surface area contributed by atoms with E-state index < -0.39 is 11.8 Å². The number of hydrogen-bond donors (Lipinski definition) is 1. The number of amides is 2. The van der Waals surface area contributed by atoms with Crippen molar-refractivity contribution >= 4 is 46.4 Å². The molecule has 5 nitrogen and oxygen atoms in total. The number of aliphatic hydroxyl groups is 1. The summed E-state index contributed by atoms with van der Waals surface area (Å²) < 4.78 is 5.48. The summed E-state index contributed by atoms with van der Waals surface area (Å²) in [4.78, 5) is 27.6. The summed E-state index contributed by atoms with van der Waals surface area (Å²) in [5, 5.41) is 9.71. The Balaban J connectivity index is 2.03. The molecule has 1 aliphatic heterocycles. The number of halogens is 1. The number of benzene rings is 2. The smallest absolute Gasteiger partial charge is 0.272 e. The van der Waals surface area contributed by atoms with E-state index in [9.17, 15) is 9.59 Å². The van der Waals surface area contributed by atoms with Crippen molar-refractivity contribution in [1.82, 2.24) is 0 Å². The Morgan fingerprint density at radius 2 is 1.85 bits per heavy atom. The van der Waals surface area contributed by atoms with Crippen LogP contribution < -0.4 is 9.64 Å². The summed E-state index contributed by atoms with van der Waals surface area (Å²) >= 11 is 7.11. The van der Waals surface area contributed by atoms with Crippen LogP contribution in [0, 0.1) is 0 Å². The monoisotopic (exact) mass is 403 g/mol. The molecular weight excluding hydrogens is 386 g/mol. The van der Waals surface area contributed by atoms with Gasteiger partial charge < -0.3 is 9.84 Å². The molecule has 0 aromatic heterocycles. The first-order chi connectivity index (χ1) is 13.1.